The number of aryl methyl sites for hydroxylation is 2. The van der Waals surface area contributed by atoms with Gasteiger partial charge in [-0.25, -0.2) is 0 Å². The summed E-state index contributed by atoms with van der Waals surface area (Å²) in [6.45, 7) is 4.09. The van der Waals surface area contributed by atoms with Crippen LogP contribution < -0.4 is 5.32 Å². The van der Waals surface area contributed by atoms with E-state index in [1.165, 1.54) is 17.5 Å². The summed E-state index contributed by atoms with van der Waals surface area (Å²) in [4.78, 5) is 12.1. The minimum atomic E-state index is -0.818. The molecule has 1 atom stereocenters. The van der Waals surface area contributed by atoms with E-state index in [0.717, 1.165) is 19.3 Å². The molecule has 0 fully saturated rings. The highest BCUT2D eigenvalue weighted by molar-refractivity contribution is 5.94. The Morgan fingerprint density at radius 2 is 2.11 bits per heavy atom. The van der Waals surface area contributed by atoms with Crippen LogP contribution in [-0.2, 0) is 12.8 Å². The third kappa shape index (κ3) is 3.57. The largest absolute Gasteiger partial charge is 0.388 e. The van der Waals surface area contributed by atoms with E-state index in [9.17, 15) is 9.90 Å². The Hall–Kier alpha value is -1.35. The van der Waals surface area contributed by atoms with Gasteiger partial charge in [0.15, 0.2) is 0 Å². The van der Waals surface area contributed by atoms with Crippen LogP contribution >= 0.6 is 0 Å². The fourth-order valence-corrected chi connectivity index (χ4v) is 2.71. The molecule has 2 N–H and O–H groups in total. The number of hydrogen-bond acceptors (Lipinski definition) is 2. The molecule has 19 heavy (non-hydrogen) atoms. The molecular weight excluding hydrogens is 238 g/mol. The summed E-state index contributed by atoms with van der Waals surface area (Å²) in [5, 5.41) is 12.9. The van der Waals surface area contributed by atoms with E-state index in [-0.39, 0.29) is 5.91 Å². The van der Waals surface area contributed by atoms with E-state index in [0.29, 0.717) is 18.5 Å². The molecule has 0 aromatic heterocycles. The zero-order chi connectivity index (χ0) is 13.9. The summed E-state index contributed by atoms with van der Waals surface area (Å²) in [6, 6.07) is 5.93. The van der Waals surface area contributed by atoms with Gasteiger partial charge in [0.2, 0.25) is 0 Å². The molecule has 3 nitrogen and oxygen atoms in total. The smallest absolute Gasteiger partial charge is 0.251 e. The minimum Gasteiger partial charge on any atom is -0.388 e. The van der Waals surface area contributed by atoms with Crippen LogP contribution in [0.2, 0.25) is 0 Å². The van der Waals surface area contributed by atoms with Crippen molar-refractivity contribution in [2.75, 3.05) is 6.54 Å². The highest BCUT2D eigenvalue weighted by Gasteiger charge is 2.21. The minimum absolute atomic E-state index is 0.0916. The van der Waals surface area contributed by atoms with Crippen LogP contribution in [0.5, 0.6) is 0 Å². The summed E-state index contributed by atoms with van der Waals surface area (Å²) in [7, 11) is 0. The Bertz CT molecular complexity index is 466. The van der Waals surface area contributed by atoms with Gasteiger partial charge in [-0.3, -0.25) is 4.79 Å². The second kappa shape index (κ2) is 5.74. The van der Waals surface area contributed by atoms with Crippen molar-refractivity contribution in [2.24, 2.45) is 0 Å². The second-order valence-corrected chi connectivity index (χ2v) is 5.77. The van der Waals surface area contributed by atoms with Crippen LogP contribution in [0.15, 0.2) is 18.2 Å². The Morgan fingerprint density at radius 3 is 2.84 bits per heavy atom. The first-order valence-corrected chi connectivity index (χ1v) is 7.14. The summed E-state index contributed by atoms with van der Waals surface area (Å²) in [5.74, 6) is -0.0916. The van der Waals surface area contributed by atoms with Crippen LogP contribution in [0.25, 0.3) is 0 Å². The van der Waals surface area contributed by atoms with E-state index in [4.69, 9.17) is 0 Å². The standard InChI is InChI=1S/C16H23NO2/c1-3-9-16(2,19)11-17-15(18)14-8-7-12-5-4-6-13(12)10-14/h7-8,10,19H,3-6,9,11H2,1-2H3,(H,17,18). The number of fused-ring (bicyclic) bond motifs is 1. The van der Waals surface area contributed by atoms with Crippen LogP contribution in [-0.4, -0.2) is 23.2 Å². The quantitative estimate of drug-likeness (QED) is 0.855. The third-order valence-corrected chi connectivity index (χ3v) is 3.78. The van der Waals surface area contributed by atoms with Crippen molar-refractivity contribution in [1.82, 2.24) is 5.32 Å². The molecule has 1 amide bonds. The van der Waals surface area contributed by atoms with Gasteiger partial charge in [-0.2, -0.15) is 0 Å². The molecule has 104 valence electrons. The van der Waals surface area contributed by atoms with Gasteiger partial charge in [-0.05, 0) is 55.9 Å². The van der Waals surface area contributed by atoms with Crippen molar-refractivity contribution in [3.05, 3.63) is 34.9 Å². The predicted octanol–water partition coefficient (Wildman–Crippen LogP) is 2.46. The van der Waals surface area contributed by atoms with E-state index in [1.807, 2.05) is 19.1 Å². The SMILES string of the molecule is CCCC(C)(O)CNC(=O)c1ccc2c(c1)CCC2. The Balaban J connectivity index is 1.97. The molecule has 2 rings (SSSR count). The summed E-state index contributed by atoms with van der Waals surface area (Å²) >= 11 is 0. The van der Waals surface area contributed by atoms with Gasteiger partial charge in [0.1, 0.15) is 0 Å². The van der Waals surface area contributed by atoms with Gasteiger partial charge in [0.25, 0.3) is 5.91 Å². The maximum Gasteiger partial charge on any atom is 0.251 e. The van der Waals surface area contributed by atoms with Gasteiger partial charge >= 0.3 is 0 Å². The van der Waals surface area contributed by atoms with E-state index in [2.05, 4.69) is 11.4 Å². The number of carbonyl (C=O) groups is 1. The monoisotopic (exact) mass is 261 g/mol. The molecule has 1 aliphatic rings. The fourth-order valence-electron chi connectivity index (χ4n) is 2.71. The van der Waals surface area contributed by atoms with Gasteiger partial charge in [0.05, 0.1) is 5.60 Å². The number of rotatable bonds is 5. The summed E-state index contributed by atoms with van der Waals surface area (Å²) in [5.41, 5.74) is 2.55. The zero-order valence-corrected chi connectivity index (χ0v) is 11.8. The molecule has 0 saturated carbocycles. The van der Waals surface area contributed by atoms with Gasteiger partial charge < -0.3 is 10.4 Å². The lowest BCUT2D eigenvalue weighted by Gasteiger charge is -2.23. The molecule has 1 aliphatic carbocycles. The first-order chi connectivity index (χ1) is 9.02. The lowest BCUT2D eigenvalue weighted by atomic mass is 10.0. The molecule has 0 aliphatic heterocycles. The number of amides is 1. The summed E-state index contributed by atoms with van der Waals surface area (Å²) in [6.07, 6.45) is 4.98. The molecule has 0 saturated heterocycles. The van der Waals surface area contributed by atoms with Crippen molar-refractivity contribution < 1.29 is 9.90 Å². The molecule has 3 heteroatoms. The normalized spacial score (nSPS) is 16.8. The topological polar surface area (TPSA) is 49.3 Å². The number of hydrogen-bond donors (Lipinski definition) is 2. The molecule has 0 bridgehead atoms. The average molecular weight is 261 g/mol. The molecule has 1 aromatic carbocycles. The number of nitrogens with one attached hydrogen (secondary N) is 1. The van der Waals surface area contributed by atoms with Crippen LogP contribution in [0, 0.1) is 0 Å². The second-order valence-electron chi connectivity index (χ2n) is 5.77. The van der Waals surface area contributed by atoms with E-state index >= 15 is 0 Å². The highest BCUT2D eigenvalue weighted by Crippen LogP contribution is 2.22. The zero-order valence-electron chi connectivity index (χ0n) is 11.8. The molecule has 1 aromatic rings. The summed E-state index contributed by atoms with van der Waals surface area (Å²) < 4.78 is 0. The van der Waals surface area contributed by atoms with Crippen LogP contribution in [0.3, 0.4) is 0 Å². The highest BCUT2D eigenvalue weighted by atomic mass is 16.3. The molecular formula is C16H23NO2. The first kappa shape index (κ1) is 14.1. The van der Waals surface area contributed by atoms with Crippen LogP contribution in [0.4, 0.5) is 0 Å². The van der Waals surface area contributed by atoms with Gasteiger partial charge in [-0.15, -0.1) is 0 Å². The number of benzene rings is 1. The van der Waals surface area contributed by atoms with Gasteiger partial charge in [-0.1, -0.05) is 19.4 Å². The fraction of sp³-hybridized carbons (Fsp3) is 0.562. The van der Waals surface area contributed by atoms with Crippen molar-refractivity contribution in [2.45, 2.75) is 51.6 Å². The van der Waals surface area contributed by atoms with E-state index in [1.54, 1.807) is 6.92 Å². The molecule has 0 spiro atoms. The lowest BCUT2D eigenvalue weighted by molar-refractivity contribution is 0.0469. The Labute approximate surface area is 115 Å². The van der Waals surface area contributed by atoms with Gasteiger partial charge in [0, 0.05) is 12.1 Å². The van der Waals surface area contributed by atoms with E-state index < -0.39 is 5.60 Å². The molecule has 0 heterocycles. The first-order valence-electron chi connectivity index (χ1n) is 7.14. The van der Waals surface area contributed by atoms with Crippen LogP contribution in [0.1, 0.15) is 54.6 Å². The third-order valence-electron chi connectivity index (χ3n) is 3.78. The van der Waals surface area contributed by atoms with Crippen molar-refractivity contribution >= 4 is 5.91 Å². The maximum atomic E-state index is 12.1. The predicted molar refractivity (Wildman–Crippen MR) is 76.3 cm³/mol. The number of aliphatic hydroxyl groups is 1. The maximum absolute atomic E-state index is 12.1. The Morgan fingerprint density at radius 1 is 1.37 bits per heavy atom. The molecule has 1 unspecified atom stereocenters. The van der Waals surface area contributed by atoms with Crippen molar-refractivity contribution in [3.63, 3.8) is 0 Å². The lowest BCUT2D eigenvalue weighted by Crippen LogP contribution is -2.40. The number of carbonyl (C=O) groups excluding carboxylic acids is 1. The van der Waals surface area contributed by atoms with Crippen molar-refractivity contribution in [3.8, 4) is 0 Å². The molecule has 0 radical (unpaired) electrons. The van der Waals surface area contributed by atoms with Crippen molar-refractivity contribution in [1.29, 1.82) is 0 Å². The Kier molecular flexibility index (Phi) is 4.25. The average Bonchev–Trinajstić information content (AvgIpc) is 2.83.